The number of allylic oxidation sites excluding steroid dienone is 3. The Bertz CT molecular complexity index is 704. The molecule has 3 rings (SSSR count). The van der Waals surface area contributed by atoms with Gasteiger partial charge in [-0.25, -0.2) is 0 Å². The van der Waals surface area contributed by atoms with E-state index in [-0.39, 0.29) is 29.2 Å². The Morgan fingerprint density at radius 2 is 1.75 bits per heavy atom. The summed E-state index contributed by atoms with van der Waals surface area (Å²) in [5, 5.41) is 0. The van der Waals surface area contributed by atoms with Crippen molar-refractivity contribution in [2.45, 2.75) is 86.2 Å². The molecule has 5 atom stereocenters. The summed E-state index contributed by atoms with van der Waals surface area (Å²) in [5.41, 5.74) is 2.94. The zero-order valence-corrected chi connectivity index (χ0v) is 18.0. The number of ether oxygens (including phenoxy) is 3. The fourth-order valence-electron chi connectivity index (χ4n) is 5.78. The predicted molar refractivity (Wildman–Crippen MR) is 106 cm³/mol. The molecule has 1 heterocycles. The van der Waals surface area contributed by atoms with Gasteiger partial charge in [0.15, 0.2) is 0 Å². The number of fused-ring (bicyclic) bond motifs is 1. The van der Waals surface area contributed by atoms with E-state index in [4.69, 9.17) is 14.2 Å². The standard InChI is InChI=1S/C23H34O5/c1-7-16-18(23(6)12-8-11-22(4,5)13-23)10-9-17-19(16)21(27-15(3)25)28-20(17)26-14(2)24/h7,10,17,19-21H,8-9,11-13H2,1-6H3. The lowest BCUT2D eigenvalue weighted by Gasteiger charge is -2.47. The fraction of sp³-hybridized carbons (Fsp3) is 0.739. The first-order valence-electron chi connectivity index (χ1n) is 10.4. The zero-order valence-electron chi connectivity index (χ0n) is 18.0. The molecule has 2 fully saturated rings. The molecule has 0 bridgehead atoms. The van der Waals surface area contributed by atoms with Crippen LogP contribution in [0, 0.1) is 22.7 Å². The molecule has 0 aromatic heterocycles. The van der Waals surface area contributed by atoms with Gasteiger partial charge in [0.25, 0.3) is 0 Å². The van der Waals surface area contributed by atoms with Gasteiger partial charge < -0.3 is 14.2 Å². The van der Waals surface area contributed by atoms with Gasteiger partial charge in [-0.3, -0.25) is 9.59 Å². The van der Waals surface area contributed by atoms with Crippen LogP contribution in [0.3, 0.4) is 0 Å². The van der Waals surface area contributed by atoms with Crippen LogP contribution in [0.1, 0.15) is 73.6 Å². The quantitative estimate of drug-likeness (QED) is 0.641. The van der Waals surface area contributed by atoms with Gasteiger partial charge in [0.05, 0.1) is 5.92 Å². The molecule has 5 unspecified atom stereocenters. The van der Waals surface area contributed by atoms with Gasteiger partial charge in [-0.05, 0) is 54.6 Å². The molecule has 5 nitrogen and oxygen atoms in total. The largest absolute Gasteiger partial charge is 0.435 e. The van der Waals surface area contributed by atoms with E-state index < -0.39 is 12.6 Å². The van der Waals surface area contributed by atoms with Gasteiger partial charge in [0, 0.05) is 19.8 Å². The van der Waals surface area contributed by atoms with Crippen molar-refractivity contribution in [3.05, 3.63) is 23.3 Å². The maximum atomic E-state index is 11.7. The van der Waals surface area contributed by atoms with Crippen molar-refractivity contribution in [3.63, 3.8) is 0 Å². The van der Waals surface area contributed by atoms with E-state index in [9.17, 15) is 9.59 Å². The van der Waals surface area contributed by atoms with Crippen molar-refractivity contribution in [2.24, 2.45) is 22.7 Å². The second-order valence-electron chi connectivity index (χ2n) is 9.63. The number of hydrogen-bond donors (Lipinski definition) is 0. The lowest BCUT2D eigenvalue weighted by atomic mass is 9.57. The lowest BCUT2D eigenvalue weighted by molar-refractivity contribution is -0.213. The molecular weight excluding hydrogens is 356 g/mol. The SMILES string of the molecule is CC=C1C(C2(C)CCCC(C)(C)C2)=CCC2C(OC(C)=O)OC(OC(C)=O)C12. The van der Waals surface area contributed by atoms with E-state index in [1.54, 1.807) is 0 Å². The third-order valence-corrected chi connectivity index (χ3v) is 6.61. The van der Waals surface area contributed by atoms with E-state index in [0.717, 1.165) is 19.3 Å². The molecule has 0 aromatic rings. The molecule has 0 amide bonds. The van der Waals surface area contributed by atoms with Crippen LogP contribution in [0.5, 0.6) is 0 Å². The molecule has 1 saturated heterocycles. The maximum absolute atomic E-state index is 11.7. The number of carbonyl (C=O) groups excluding carboxylic acids is 2. The maximum Gasteiger partial charge on any atom is 0.304 e. The summed E-state index contributed by atoms with van der Waals surface area (Å²) in [6.07, 6.45) is 8.54. The van der Waals surface area contributed by atoms with Gasteiger partial charge in [-0.15, -0.1) is 0 Å². The topological polar surface area (TPSA) is 61.8 Å². The highest BCUT2D eigenvalue weighted by Gasteiger charge is 2.53. The second kappa shape index (κ2) is 7.66. The first kappa shape index (κ1) is 21.1. The van der Waals surface area contributed by atoms with Crippen LogP contribution in [0.25, 0.3) is 0 Å². The molecule has 1 aliphatic heterocycles. The van der Waals surface area contributed by atoms with Gasteiger partial charge in [0.1, 0.15) is 0 Å². The Morgan fingerprint density at radius 3 is 2.32 bits per heavy atom. The van der Waals surface area contributed by atoms with Crippen molar-refractivity contribution < 1.29 is 23.8 Å². The summed E-state index contributed by atoms with van der Waals surface area (Å²) in [5.74, 6) is -0.919. The van der Waals surface area contributed by atoms with Crippen LogP contribution in [0.15, 0.2) is 23.3 Å². The van der Waals surface area contributed by atoms with Crippen molar-refractivity contribution in [1.29, 1.82) is 0 Å². The fourth-order valence-corrected chi connectivity index (χ4v) is 5.78. The molecule has 0 spiro atoms. The van der Waals surface area contributed by atoms with Gasteiger partial charge in [-0.1, -0.05) is 39.3 Å². The third-order valence-electron chi connectivity index (χ3n) is 6.61. The summed E-state index contributed by atoms with van der Waals surface area (Å²) in [7, 11) is 0. The van der Waals surface area contributed by atoms with E-state index in [1.165, 1.54) is 37.8 Å². The highest BCUT2D eigenvalue weighted by molar-refractivity contribution is 5.67. The van der Waals surface area contributed by atoms with Gasteiger partial charge in [-0.2, -0.15) is 0 Å². The summed E-state index contributed by atoms with van der Waals surface area (Å²) in [6, 6.07) is 0. The molecule has 5 heteroatoms. The van der Waals surface area contributed by atoms with Crippen molar-refractivity contribution in [3.8, 4) is 0 Å². The first-order valence-corrected chi connectivity index (χ1v) is 10.4. The van der Waals surface area contributed by atoms with Crippen LogP contribution >= 0.6 is 0 Å². The van der Waals surface area contributed by atoms with Gasteiger partial charge in [0.2, 0.25) is 12.6 Å². The lowest BCUT2D eigenvalue weighted by Crippen LogP contribution is -2.38. The van der Waals surface area contributed by atoms with Crippen LogP contribution in [0.4, 0.5) is 0 Å². The minimum Gasteiger partial charge on any atom is -0.435 e. The average Bonchev–Trinajstić information content (AvgIpc) is 2.89. The minimum atomic E-state index is -0.720. The van der Waals surface area contributed by atoms with Crippen LogP contribution < -0.4 is 0 Å². The van der Waals surface area contributed by atoms with E-state index in [0.29, 0.717) is 5.41 Å². The second-order valence-corrected chi connectivity index (χ2v) is 9.63. The first-order chi connectivity index (χ1) is 13.1. The molecule has 0 radical (unpaired) electrons. The Morgan fingerprint density at radius 1 is 1.11 bits per heavy atom. The summed E-state index contributed by atoms with van der Waals surface area (Å²) in [6.45, 7) is 11.9. The molecule has 2 aliphatic carbocycles. The van der Waals surface area contributed by atoms with Crippen molar-refractivity contribution in [1.82, 2.24) is 0 Å². The van der Waals surface area contributed by atoms with Crippen molar-refractivity contribution in [2.75, 3.05) is 0 Å². The summed E-state index contributed by atoms with van der Waals surface area (Å²) < 4.78 is 16.8. The normalized spacial score (nSPS) is 38.5. The van der Waals surface area contributed by atoms with E-state index in [1.807, 2.05) is 6.92 Å². The van der Waals surface area contributed by atoms with Crippen LogP contribution in [-0.2, 0) is 23.8 Å². The molecule has 3 aliphatic rings. The molecule has 0 N–H and O–H groups in total. The smallest absolute Gasteiger partial charge is 0.304 e. The van der Waals surface area contributed by atoms with E-state index >= 15 is 0 Å². The summed E-state index contributed by atoms with van der Waals surface area (Å²) >= 11 is 0. The highest BCUT2D eigenvalue weighted by Crippen LogP contribution is 2.56. The van der Waals surface area contributed by atoms with Gasteiger partial charge >= 0.3 is 11.9 Å². The molecule has 1 saturated carbocycles. The Hall–Kier alpha value is -1.62. The average molecular weight is 391 g/mol. The molecule has 0 aromatic carbocycles. The Labute approximate surface area is 168 Å². The zero-order chi connectivity index (χ0) is 20.7. The molecule has 28 heavy (non-hydrogen) atoms. The van der Waals surface area contributed by atoms with Crippen LogP contribution in [-0.4, -0.2) is 24.5 Å². The number of carbonyl (C=O) groups is 2. The summed E-state index contributed by atoms with van der Waals surface area (Å²) in [4.78, 5) is 23.2. The minimum absolute atomic E-state index is 0.0385. The van der Waals surface area contributed by atoms with Crippen molar-refractivity contribution >= 4 is 11.9 Å². The monoisotopic (exact) mass is 390 g/mol. The Kier molecular flexibility index (Phi) is 5.77. The molecular formula is C23H34O5. The number of rotatable bonds is 3. The highest BCUT2D eigenvalue weighted by atomic mass is 16.8. The third kappa shape index (κ3) is 4.05. The number of hydrogen-bond acceptors (Lipinski definition) is 5. The molecule has 156 valence electrons. The van der Waals surface area contributed by atoms with Crippen LogP contribution in [0.2, 0.25) is 0 Å². The predicted octanol–water partition coefficient (Wildman–Crippen LogP) is 4.91. The van der Waals surface area contributed by atoms with E-state index in [2.05, 4.69) is 32.9 Å². The Balaban J connectivity index is 1.96. The number of esters is 2.